The van der Waals surface area contributed by atoms with Crippen molar-refractivity contribution in [1.82, 2.24) is 24.1 Å². The maximum absolute atomic E-state index is 12.5. The lowest BCUT2D eigenvalue weighted by Gasteiger charge is -2.27. The zero-order chi connectivity index (χ0) is 25.6. The van der Waals surface area contributed by atoms with Gasteiger partial charge in [0.2, 0.25) is 0 Å². The minimum absolute atomic E-state index is 0.159. The number of amides is 1. The van der Waals surface area contributed by atoms with Gasteiger partial charge in [0.25, 0.3) is 11.5 Å². The van der Waals surface area contributed by atoms with Crippen molar-refractivity contribution in [2.75, 3.05) is 0 Å². The Balaban J connectivity index is 1.86. The first-order valence-corrected chi connectivity index (χ1v) is 10.9. The Morgan fingerprint density at radius 3 is 2.15 bits per heavy atom. The summed E-state index contributed by atoms with van der Waals surface area (Å²) in [5.74, 6) is -0.193. The van der Waals surface area contributed by atoms with Gasteiger partial charge in [-0.05, 0) is 28.5 Å². The van der Waals surface area contributed by atoms with Crippen LogP contribution in [0.25, 0.3) is 11.2 Å². The van der Waals surface area contributed by atoms with Gasteiger partial charge >= 0.3 is 5.69 Å². The minimum atomic E-state index is -0.527. The molecule has 0 fully saturated rings. The molecule has 1 amide bonds. The quantitative estimate of drug-likeness (QED) is 0.447. The number of aryl methyl sites for hydroxylation is 1. The Kier molecular flexibility index (Phi) is 6.30. The SMILES string of the molecule is Cn1c(=O)c2c(ncn2CC(=O)NN=Cc2cc(C(C)(C)C)c(O)c(C(C)(C)C)c2)n(C)c1=O. The summed E-state index contributed by atoms with van der Waals surface area (Å²) >= 11 is 0. The van der Waals surface area contributed by atoms with Crippen LogP contribution < -0.4 is 16.7 Å². The summed E-state index contributed by atoms with van der Waals surface area (Å²) < 4.78 is 3.62. The van der Waals surface area contributed by atoms with Crippen molar-refractivity contribution in [3.63, 3.8) is 0 Å². The van der Waals surface area contributed by atoms with E-state index < -0.39 is 17.2 Å². The summed E-state index contributed by atoms with van der Waals surface area (Å²) in [7, 11) is 2.89. The normalized spacial score (nSPS) is 12.6. The molecule has 0 saturated heterocycles. The molecule has 2 heterocycles. The number of benzene rings is 1. The maximum atomic E-state index is 12.5. The van der Waals surface area contributed by atoms with Crippen LogP contribution >= 0.6 is 0 Å². The van der Waals surface area contributed by atoms with Gasteiger partial charge in [0.05, 0.1) is 12.5 Å². The number of fused-ring (bicyclic) bond motifs is 1. The van der Waals surface area contributed by atoms with Crippen LogP contribution in [0.5, 0.6) is 5.75 Å². The summed E-state index contributed by atoms with van der Waals surface area (Å²) in [5, 5.41) is 14.9. The third kappa shape index (κ3) is 4.66. The molecule has 0 unspecified atom stereocenters. The van der Waals surface area contributed by atoms with Gasteiger partial charge in [0.1, 0.15) is 12.3 Å². The fourth-order valence-corrected chi connectivity index (χ4v) is 3.76. The summed E-state index contributed by atoms with van der Waals surface area (Å²) in [4.78, 5) is 41.2. The van der Waals surface area contributed by atoms with E-state index in [4.69, 9.17) is 0 Å². The molecule has 0 aliphatic heterocycles. The molecule has 2 aromatic heterocycles. The number of nitrogens with zero attached hydrogens (tertiary/aromatic N) is 5. The molecule has 0 spiro atoms. The number of phenols is 1. The second-order valence-corrected chi connectivity index (χ2v) is 10.5. The Morgan fingerprint density at radius 2 is 1.62 bits per heavy atom. The number of hydrogen-bond acceptors (Lipinski definition) is 6. The van der Waals surface area contributed by atoms with E-state index in [1.807, 2.05) is 53.7 Å². The van der Waals surface area contributed by atoms with Crippen LogP contribution in [0.1, 0.15) is 58.2 Å². The topological polar surface area (TPSA) is 124 Å². The molecule has 0 radical (unpaired) electrons. The van der Waals surface area contributed by atoms with E-state index in [1.165, 1.54) is 35.8 Å². The molecule has 3 rings (SSSR count). The highest BCUT2D eigenvalue weighted by Gasteiger charge is 2.26. The van der Waals surface area contributed by atoms with Gasteiger partial charge in [0, 0.05) is 25.2 Å². The molecule has 0 aliphatic rings. The number of phenolic OH excluding ortho intramolecular Hbond substituents is 1. The first-order chi connectivity index (χ1) is 15.6. The Hall–Kier alpha value is -3.69. The fourth-order valence-electron chi connectivity index (χ4n) is 3.76. The number of rotatable bonds is 4. The summed E-state index contributed by atoms with van der Waals surface area (Å²) in [5.41, 5.74) is 3.57. The van der Waals surface area contributed by atoms with Crippen molar-refractivity contribution >= 4 is 23.3 Å². The smallest absolute Gasteiger partial charge is 0.332 e. The summed E-state index contributed by atoms with van der Waals surface area (Å²) in [6.07, 6.45) is 2.87. The number of hydrazone groups is 1. The number of aromatic hydroxyl groups is 1. The second-order valence-electron chi connectivity index (χ2n) is 10.5. The molecular formula is C24H32N6O4. The van der Waals surface area contributed by atoms with Crippen LogP contribution in [0.4, 0.5) is 0 Å². The predicted molar refractivity (Wildman–Crippen MR) is 131 cm³/mol. The van der Waals surface area contributed by atoms with Crippen LogP contribution in [0, 0.1) is 0 Å². The molecule has 0 bridgehead atoms. The lowest BCUT2D eigenvalue weighted by molar-refractivity contribution is -0.121. The molecule has 0 saturated carbocycles. The third-order valence-corrected chi connectivity index (χ3v) is 5.68. The average Bonchev–Trinajstić information content (AvgIpc) is 3.13. The monoisotopic (exact) mass is 468 g/mol. The summed E-state index contributed by atoms with van der Waals surface area (Å²) in [6, 6.07) is 3.71. The number of imidazole rings is 1. The van der Waals surface area contributed by atoms with Crippen LogP contribution in [0.15, 0.2) is 33.2 Å². The van der Waals surface area contributed by atoms with Crippen molar-refractivity contribution < 1.29 is 9.90 Å². The number of carbonyl (C=O) groups is 1. The van der Waals surface area contributed by atoms with Gasteiger partial charge in [-0.3, -0.25) is 18.7 Å². The third-order valence-electron chi connectivity index (χ3n) is 5.68. The van der Waals surface area contributed by atoms with Crippen molar-refractivity contribution in [2.45, 2.75) is 58.9 Å². The highest BCUT2D eigenvalue weighted by molar-refractivity contribution is 5.84. The number of nitrogens with one attached hydrogen (secondary N) is 1. The Morgan fingerprint density at radius 1 is 1.06 bits per heavy atom. The molecule has 10 nitrogen and oxygen atoms in total. The van der Waals surface area contributed by atoms with E-state index in [2.05, 4.69) is 15.5 Å². The first kappa shape index (κ1) is 24.9. The van der Waals surface area contributed by atoms with E-state index >= 15 is 0 Å². The first-order valence-electron chi connectivity index (χ1n) is 10.9. The lowest BCUT2D eigenvalue weighted by atomic mass is 9.78. The zero-order valence-electron chi connectivity index (χ0n) is 20.9. The van der Waals surface area contributed by atoms with Crippen molar-refractivity contribution in [3.05, 3.63) is 56.0 Å². The van der Waals surface area contributed by atoms with Crippen molar-refractivity contribution in [3.8, 4) is 5.75 Å². The van der Waals surface area contributed by atoms with Gasteiger partial charge < -0.3 is 9.67 Å². The van der Waals surface area contributed by atoms with Crippen LogP contribution in [0.3, 0.4) is 0 Å². The molecule has 0 aliphatic carbocycles. The second kappa shape index (κ2) is 8.58. The highest BCUT2D eigenvalue weighted by Crippen LogP contribution is 2.39. The standard InChI is InChI=1S/C24H32N6O4/c1-23(2,3)15-9-14(10-16(19(15)32)24(4,5)6)11-26-27-17(31)12-30-13-25-20-18(30)21(33)29(8)22(34)28(20)7/h9-11,13,32H,12H2,1-8H3,(H,27,31). The molecule has 1 aromatic carbocycles. The molecule has 182 valence electrons. The van der Waals surface area contributed by atoms with Crippen LogP contribution in [-0.4, -0.2) is 35.9 Å². The lowest BCUT2D eigenvalue weighted by Crippen LogP contribution is -2.38. The molecule has 0 atom stereocenters. The van der Waals surface area contributed by atoms with E-state index in [1.54, 1.807) is 0 Å². The molecule has 2 N–H and O–H groups in total. The average molecular weight is 469 g/mol. The van der Waals surface area contributed by atoms with Crippen molar-refractivity contribution in [1.29, 1.82) is 0 Å². The molecule has 10 heteroatoms. The van der Waals surface area contributed by atoms with Gasteiger partial charge in [-0.15, -0.1) is 0 Å². The number of hydrogen-bond donors (Lipinski definition) is 2. The van der Waals surface area contributed by atoms with Gasteiger partial charge in [-0.2, -0.15) is 5.10 Å². The predicted octanol–water partition coefficient (Wildman–Crippen LogP) is 1.88. The Labute approximate surface area is 197 Å². The largest absolute Gasteiger partial charge is 0.507 e. The number of carbonyl (C=O) groups excluding carboxylic acids is 1. The highest BCUT2D eigenvalue weighted by atomic mass is 16.3. The summed E-state index contributed by atoms with van der Waals surface area (Å²) in [6.45, 7) is 11.9. The van der Waals surface area contributed by atoms with Crippen molar-refractivity contribution in [2.24, 2.45) is 19.2 Å². The fraction of sp³-hybridized carbons (Fsp3) is 0.458. The molecule has 34 heavy (non-hydrogen) atoms. The molecular weight excluding hydrogens is 436 g/mol. The maximum Gasteiger partial charge on any atom is 0.332 e. The number of aromatic nitrogens is 4. The van der Waals surface area contributed by atoms with Crippen LogP contribution in [0.2, 0.25) is 0 Å². The van der Waals surface area contributed by atoms with E-state index in [0.717, 1.165) is 21.3 Å². The zero-order valence-corrected chi connectivity index (χ0v) is 20.9. The van der Waals surface area contributed by atoms with Gasteiger partial charge in [0.15, 0.2) is 11.2 Å². The van der Waals surface area contributed by atoms with Gasteiger partial charge in [-0.25, -0.2) is 15.2 Å². The van der Waals surface area contributed by atoms with E-state index in [0.29, 0.717) is 0 Å². The Bertz CT molecular complexity index is 1380. The van der Waals surface area contributed by atoms with E-state index in [9.17, 15) is 19.5 Å². The van der Waals surface area contributed by atoms with Crippen LogP contribution in [-0.2, 0) is 36.3 Å². The van der Waals surface area contributed by atoms with Gasteiger partial charge in [-0.1, -0.05) is 41.5 Å². The minimum Gasteiger partial charge on any atom is -0.507 e. The van der Waals surface area contributed by atoms with E-state index in [-0.39, 0.29) is 34.3 Å². The molecule has 3 aromatic rings.